The molecule has 1 aromatic heterocycles. The van der Waals surface area contributed by atoms with Crippen molar-refractivity contribution in [3.8, 4) is 11.3 Å². The molecule has 0 saturated carbocycles. The third-order valence-corrected chi connectivity index (χ3v) is 10.5. The number of carbonyl (C=O) groups is 3. The summed E-state index contributed by atoms with van der Waals surface area (Å²) in [5, 5.41) is 6.37. The van der Waals surface area contributed by atoms with Crippen LogP contribution >= 0.6 is 37.2 Å². The second-order valence-electron chi connectivity index (χ2n) is 14.0. The maximum Gasteiger partial charge on any atom is 0.255 e. The van der Waals surface area contributed by atoms with Gasteiger partial charge < -0.3 is 25.2 Å². The van der Waals surface area contributed by atoms with Crippen molar-refractivity contribution in [2.24, 2.45) is 0 Å². The number of hydrogen-bond acceptors (Lipinski definition) is 7. The summed E-state index contributed by atoms with van der Waals surface area (Å²) >= 11 is 0. The van der Waals surface area contributed by atoms with Gasteiger partial charge in [-0.3, -0.25) is 24.3 Å². The van der Waals surface area contributed by atoms with Crippen molar-refractivity contribution in [3.63, 3.8) is 0 Å². The number of carbonyl (C=O) groups excluding carboxylic acids is 3. The van der Waals surface area contributed by atoms with E-state index in [9.17, 15) is 14.4 Å². The van der Waals surface area contributed by atoms with E-state index in [4.69, 9.17) is 9.72 Å². The van der Waals surface area contributed by atoms with E-state index in [2.05, 4.69) is 44.7 Å². The van der Waals surface area contributed by atoms with Gasteiger partial charge >= 0.3 is 0 Å². The number of benzene rings is 3. The van der Waals surface area contributed by atoms with Crippen molar-refractivity contribution in [1.29, 1.82) is 0 Å². The Kier molecular flexibility index (Phi) is 16.3. The number of halogens is 3. The highest BCUT2D eigenvalue weighted by Gasteiger charge is 2.23. The van der Waals surface area contributed by atoms with Crippen molar-refractivity contribution >= 4 is 66.3 Å². The van der Waals surface area contributed by atoms with Crippen LogP contribution in [0.25, 0.3) is 11.3 Å². The standard InChI is InChI=1S/C42H48N6O4.3ClH/c1-46(21-22-47-23-25-52-26-24-47)42(51)33-12-7-11-31(27-33)40(49)45-38-16-15-34(48-19-5-2-6-20-48)29-36(38)39-28-32(17-18-43-39)41(50)44-37-14-8-10-30-9-3-4-13-35(30)37;;;/h3-4,7,9,11-13,15-18,27-29,37H,2,5-6,8,10,14,19-26H2,1H3,(H,44,50)(H,45,49);3*1H/t37-;;;/m0.../s1. The number of anilines is 2. The van der Waals surface area contributed by atoms with E-state index in [1.807, 2.05) is 18.2 Å². The van der Waals surface area contributed by atoms with Gasteiger partial charge in [0.2, 0.25) is 0 Å². The smallest absolute Gasteiger partial charge is 0.255 e. The number of fused-ring (bicyclic) bond motifs is 1. The van der Waals surface area contributed by atoms with Crippen LogP contribution in [-0.2, 0) is 11.2 Å². The van der Waals surface area contributed by atoms with Crippen LogP contribution in [0.3, 0.4) is 0 Å². The molecule has 4 aromatic rings. The maximum atomic E-state index is 13.8. The van der Waals surface area contributed by atoms with Crippen molar-refractivity contribution in [2.75, 3.05) is 69.7 Å². The number of ether oxygens (including phenoxy) is 1. The quantitative estimate of drug-likeness (QED) is 0.171. The first kappa shape index (κ1) is 43.5. The predicted octanol–water partition coefficient (Wildman–Crippen LogP) is 7.47. The Balaban J connectivity index is 0.00000224. The van der Waals surface area contributed by atoms with Crippen LogP contribution in [0, 0.1) is 0 Å². The summed E-state index contributed by atoms with van der Waals surface area (Å²) in [7, 11) is 1.79. The van der Waals surface area contributed by atoms with E-state index in [0.29, 0.717) is 47.8 Å². The number of amides is 3. The van der Waals surface area contributed by atoms with Gasteiger partial charge in [0.15, 0.2) is 0 Å². The molecule has 10 nitrogen and oxygen atoms in total. The molecule has 13 heteroatoms. The number of nitrogens with zero attached hydrogens (tertiary/aromatic N) is 4. The minimum atomic E-state index is -0.331. The van der Waals surface area contributed by atoms with Crippen LogP contribution in [0.2, 0.25) is 0 Å². The van der Waals surface area contributed by atoms with Gasteiger partial charge in [0.05, 0.1) is 30.6 Å². The first-order valence-corrected chi connectivity index (χ1v) is 18.6. The van der Waals surface area contributed by atoms with Gasteiger partial charge in [-0.25, -0.2) is 0 Å². The summed E-state index contributed by atoms with van der Waals surface area (Å²) in [4.78, 5) is 51.9. The number of pyridine rings is 1. The van der Waals surface area contributed by atoms with E-state index < -0.39 is 0 Å². The van der Waals surface area contributed by atoms with Crippen molar-refractivity contribution in [2.45, 2.75) is 44.6 Å². The van der Waals surface area contributed by atoms with E-state index in [0.717, 1.165) is 76.1 Å². The fourth-order valence-corrected chi connectivity index (χ4v) is 7.49. The average molecular weight is 810 g/mol. The molecule has 2 fully saturated rings. The van der Waals surface area contributed by atoms with Crippen LogP contribution in [0.5, 0.6) is 0 Å². The number of piperidine rings is 1. The van der Waals surface area contributed by atoms with Crippen LogP contribution < -0.4 is 15.5 Å². The van der Waals surface area contributed by atoms with E-state index in [1.54, 1.807) is 54.5 Å². The van der Waals surface area contributed by atoms with Gasteiger partial charge in [0.25, 0.3) is 17.7 Å². The molecule has 1 atom stereocenters. The molecule has 1 aliphatic carbocycles. The molecule has 55 heavy (non-hydrogen) atoms. The Morgan fingerprint density at radius 3 is 2.35 bits per heavy atom. The summed E-state index contributed by atoms with van der Waals surface area (Å²) in [6, 6.07) is 24.7. The number of hydrogen-bond donors (Lipinski definition) is 2. The second-order valence-corrected chi connectivity index (χ2v) is 14.0. The van der Waals surface area contributed by atoms with Gasteiger partial charge in [0, 0.05) is 80.5 Å². The fraction of sp³-hybridized carbons (Fsp3) is 0.381. The molecule has 2 aliphatic heterocycles. The molecule has 3 heterocycles. The zero-order chi connectivity index (χ0) is 35.9. The van der Waals surface area contributed by atoms with Gasteiger partial charge in [-0.15, -0.1) is 37.2 Å². The summed E-state index contributed by atoms with van der Waals surface area (Å²) in [6.45, 7) is 6.43. The molecule has 3 aromatic carbocycles. The molecule has 0 unspecified atom stereocenters. The number of aromatic nitrogens is 1. The number of nitrogens with one attached hydrogen (secondary N) is 2. The van der Waals surface area contributed by atoms with Crippen LogP contribution in [0.4, 0.5) is 11.4 Å². The highest BCUT2D eigenvalue weighted by atomic mass is 35.5. The molecule has 0 radical (unpaired) electrons. The lowest BCUT2D eigenvalue weighted by atomic mass is 9.87. The van der Waals surface area contributed by atoms with Crippen molar-refractivity contribution in [1.82, 2.24) is 20.1 Å². The van der Waals surface area contributed by atoms with E-state index in [1.165, 1.54) is 17.5 Å². The lowest BCUT2D eigenvalue weighted by molar-refractivity contribution is 0.0338. The summed E-state index contributed by atoms with van der Waals surface area (Å²) in [5.41, 5.74) is 6.77. The molecule has 3 aliphatic rings. The molecule has 7 rings (SSSR count). The highest BCUT2D eigenvalue weighted by Crippen LogP contribution is 2.34. The zero-order valence-electron chi connectivity index (χ0n) is 31.2. The molecule has 3 amide bonds. The molecular weight excluding hydrogens is 759 g/mol. The van der Waals surface area contributed by atoms with Gasteiger partial charge in [-0.05, 0) is 98.2 Å². The molecule has 0 bridgehead atoms. The highest BCUT2D eigenvalue weighted by molar-refractivity contribution is 6.08. The molecular formula is C42H51Cl3N6O4. The maximum absolute atomic E-state index is 13.8. The molecule has 2 saturated heterocycles. The minimum Gasteiger partial charge on any atom is -0.379 e. The lowest BCUT2D eigenvalue weighted by Crippen LogP contribution is -2.41. The SMILES string of the molecule is CN(CCN1CCOCC1)C(=O)c1cccc(C(=O)Nc2ccc(N3CCCCC3)cc2-c2cc(C(=O)N[C@H]3CCCc4ccccc43)ccn2)c1.Cl.Cl.Cl. The monoisotopic (exact) mass is 808 g/mol. The first-order chi connectivity index (χ1) is 25.4. The average Bonchev–Trinajstić information content (AvgIpc) is 3.20. The van der Waals surface area contributed by atoms with E-state index >= 15 is 0 Å². The van der Waals surface area contributed by atoms with Crippen molar-refractivity contribution in [3.05, 3.63) is 113 Å². The Hall–Kier alpha value is -4.19. The first-order valence-electron chi connectivity index (χ1n) is 18.6. The van der Waals surface area contributed by atoms with Crippen LogP contribution in [0.15, 0.2) is 85.1 Å². The minimum absolute atomic E-state index is 0. The van der Waals surface area contributed by atoms with Crippen molar-refractivity contribution < 1.29 is 19.1 Å². The molecule has 2 N–H and O–H groups in total. The van der Waals surface area contributed by atoms with Gasteiger partial charge in [-0.2, -0.15) is 0 Å². The molecule has 294 valence electrons. The second kappa shape index (κ2) is 20.6. The Bertz CT molecular complexity index is 1920. The normalized spacial score (nSPS) is 16.6. The van der Waals surface area contributed by atoms with Crippen LogP contribution in [0.1, 0.15) is 80.3 Å². The number of aryl methyl sites for hydroxylation is 1. The van der Waals surface area contributed by atoms with Gasteiger partial charge in [0.1, 0.15) is 0 Å². The third-order valence-electron chi connectivity index (χ3n) is 10.5. The fourth-order valence-electron chi connectivity index (χ4n) is 7.49. The predicted molar refractivity (Wildman–Crippen MR) is 226 cm³/mol. The third kappa shape index (κ3) is 10.8. The lowest BCUT2D eigenvalue weighted by Gasteiger charge is -2.29. The topological polar surface area (TPSA) is 107 Å². The summed E-state index contributed by atoms with van der Waals surface area (Å²) in [6.07, 6.45) is 8.07. The summed E-state index contributed by atoms with van der Waals surface area (Å²) < 4.78 is 5.44. The zero-order valence-corrected chi connectivity index (χ0v) is 33.7. The number of rotatable bonds is 10. The van der Waals surface area contributed by atoms with Gasteiger partial charge in [-0.1, -0.05) is 30.3 Å². The Morgan fingerprint density at radius 2 is 1.55 bits per heavy atom. The summed E-state index contributed by atoms with van der Waals surface area (Å²) in [5.74, 6) is -0.618. The number of likely N-dealkylation sites (N-methyl/N-ethyl adjacent to an activating group) is 1. The molecule has 0 spiro atoms. The Morgan fingerprint density at radius 1 is 0.800 bits per heavy atom. The largest absolute Gasteiger partial charge is 0.379 e. The van der Waals surface area contributed by atoms with Crippen LogP contribution in [-0.4, -0.2) is 92.0 Å². The Labute approximate surface area is 342 Å². The van der Waals surface area contributed by atoms with E-state index in [-0.39, 0.29) is 61.0 Å². The number of morpholine rings is 1.